The molecule has 0 spiro atoms. The summed E-state index contributed by atoms with van der Waals surface area (Å²) in [5.74, 6) is -0.127. The molecule has 90 valence electrons. The third-order valence-corrected chi connectivity index (χ3v) is 3.74. The number of hydrogen-bond acceptors (Lipinski definition) is 2. The molecule has 0 amide bonds. The highest BCUT2D eigenvalue weighted by molar-refractivity contribution is 9.10. The number of rotatable bonds is 3. The van der Waals surface area contributed by atoms with Gasteiger partial charge in [0.1, 0.15) is 5.82 Å². The molecule has 0 aliphatic heterocycles. The highest BCUT2D eigenvalue weighted by Crippen LogP contribution is 2.25. The molecule has 0 saturated heterocycles. The van der Waals surface area contributed by atoms with Crippen LogP contribution in [0, 0.1) is 23.1 Å². The van der Waals surface area contributed by atoms with Crippen molar-refractivity contribution in [2.75, 3.05) is 0 Å². The van der Waals surface area contributed by atoms with Crippen molar-refractivity contribution in [2.24, 2.45) is 5.92 Å². The van der Waals surface area contributed by atoms with Crippen LogP contribution in [0.25, 0.3) is 0 Å². The molecule has 2 unspecified atom stereocenters. The maximum absolute atomic E-state index is 13.5. The SMILES string of the molecule is N#CC1CCCC1NCc1cc(Br)ccc1F. The van der Waals surface area contributed by atoms with Gasteiger partial charge in [0.25, 0.3) is 0 Å². The average molecular weight is 297 g/mol. The normalized spacial score (nSPS) is 23.6. The van der Waals surface area contributed by atoms with E-state index in [4.69, 9.17) is 5.26 Å². The van der Waals surface area contributed by atoms with Crippen LogP contribution in [-0.2, 0) is 6.54 Å². The molecule has 1 saturated carbocycles. The third-order valence-electron chi connectivity index (χ3n) is 3.24. The van der Waals surface area contributed by atoms with Crippen LogP contribution >= 0.6 is 15.9 Å². The average Bonchev–Trinajstić information content (AvgIpc) is 2.77. The quantitative estimate of drug-likeness (QED) is 0.928. The van der Waals surface area contributed by atoms with Gasteiger partial charge in [-0.15, -0.1) is 0 Å². The number of halogens is 2. The number of benzene rings is 1. The Bertz CT molecular complexity index is 442. The van der Waals surface area contributed by atoms with Gasteiger partial charge in [0.2, 0.25) is 0 Å². The number of nitrogens with one attached hydrogen (secondary N) is 1. The third kappa shape index (κ3) is 3.05. The van der Waals surface area contributed by atoms with E-state index in [-0.39, 0.29) is 17.8 Å². The molecule has 17 heavy (non-hydrogen) atoms. The summed E-state index contributed by atoms with van der Waals surface area (Å²) >= 11 is 3.33. The second-order valence-electron chi connectivity index (χ2n) is 4.39. The van der Waals surface area contributed by atoms with Crippen molar-refractivity contribution in [3.05, 3.63) is 34.1 Å². The molecule has 0 bridgehead atoms. The standard InChI is InChI=1S/C13H14BrFN2/c14-11-4-5-12(15)10(6-11)8-17-13-3-1-2-9(13)7-16/h4-6,9,13,17H,1-3,8H2. The van der Waals surface area contributed by atoms with Crippen molar-refractivity contribution < 1.29 is 4.39 Å². The lowest BCUT2D eigenvalue weighted by Gasteiger charge is -2.15. The first-order valence-electron chi connectivity index (χ1n) is 5.77. The zero-order valence-electron chi connectivity index (χ0n) is 9.42. The lowest BCUT2D eigenvalue weighted by molar-refractivity contribution is 0.457. The van der Waals surface area contributed by atoms with Crippen molar-refractivity contribution >= 4 is 15.9 Å². The zero-order chi connectivity index (χ0) is 12.3. The van der Waals surface area contributed by atoms with E-state index in [1.165, 1.54) is 6.07 Å². The second-order valence-corrected chi connectivity index (χ2v) is 5.31. The summed E-state index contributed by atoms with van der Waals surface area (Å²) < 4.78 is 14.4. The summed E-state index contributed by atoms with van der Waals surface area (Å²) in [5.41, 5.74) is 0.642. The molecule has 0 heterocycles. The van der Waals surface area contributed by atoms with Gasteiger partial charge in [0.15, 0.2) is 0 Å². The first kappa shape index (κ1) is 12.5. The lowest BCUT2D eigenvalue weighted by atomic mass is 10.1. The maximum Gasteiger partial charge on any atom is 0.127 e. The van der Waals surface area contributed by atoms with Crippen LogP contribution in [0.1, 0.15) is 24.8 Å². The van der Waals surface area contributed by atoms with Crippen LogP contribution in [0.15, 0.2) is 22.7 Å². The van der Waals surface area contributed by atoms with Gasteiger partial charge in [-0.1, -0.05) is 22.4 Å². The van der Waals surface area contributed by atoms with E-state index >= 15 is 0 Å². The minimum Gasteiger partial charge on any atom is -0.309 e. The molecule has 0 aromatic heterocycles. The molecule has 1 aromatic rings. The predicted octanol–water partition coefficient (Wildman–Crippen LogP) is 3.37. The molecule has 2 nitrogen and oxygen atoms in total. The van der Waals surface area contributed by atoms with E-state index in [0.29, 0.717) is 12.1 Å². The highest BCUT2D eigenvalue weighted by Gasteiger charge is 2.26. The van der Waals surface area contributed by atoms with Gasteiger partial charge in [-0.2, -0.15) is 5.26 Å². The Balaban J connectivity index is 1.98. The summed E-state index contributed by atoms with van der Waals surface area (Å²) in [5, 5.41) is 12.2. The van der Waals surface area contributed by atoms with Gasteiger partial charge in [0, 0.05) is 22.6 Å². The van der Waals surface area contributed by atoms with Crippen LogP contribution in [0.3, 0.4) is 0 Å². The smallest absolute Gasteiger partial charge is 0.127 e. The van der Waals surface area contributed by atoms with E-state index < -0.39 is 0 Å². The molecule has 1 fully saturated rings. The van der Waals surface area contributed by atoms with Crippen molar-refractivity contribution in [2.45, 2.75) is 31.8 Å². The number of nitriles is 1. The van der Waals surface area contributed by atoms with Gasteiger partial charge in [0.05, 0.1) is 12.0 Å². The summed E-state index contributed by atoms with van der Waals surface area (Å²) in [6, 6.07) is 7.44. The molecule has 2 atom stereocenters. The molecule has 2 rings (SSSR count). The van der Waals surface area contributed by atoms with E-state index in [2.05, 4.69) is 27.3 Å². The molecule has 4 heteroatoms. The topological polar surface area (TPSA) is 35.8 Å². The molecule has 1 aliphatic rings. The molecule has 1 aliphatic carbocycles. The molecule has 0 radical (unpaired) electrons. The Hall–Kier alpha value is -0.920. The van der Waals surface area contributed by atoms with Crippen LogP contribution in [0.5, 0.6) is 0 Å². The van der Waals surface area contributed by atoms with Gasteiger partial charge < -0.3 is 5.32 Å². The lowest BCUT2D eigenvalue weighted by Crippen LogP contribution is -2.31. The summed E-state index contributed by atoms with van der Waals surface area (Å²) in [6.07, 6.45) is 3.04. The van der Waals surface area contributed by atoms with E-state index in [0.717, 1.165) is 23.7 Å². The van der Waals surface area contributed by atoms with Gasteiger partial charge in [-0.25, -0.2) is 4.39 Å². The molecule has 1 aromatic carbocycles. The van der Waals surface area contributed by atoms with Gasteiger partial charge in [-0.05, 0) is 31.0 Å². The minimum atomic E-state index is -0.202. The van der Waals surface area contributed by atoms with Crippen molar-refractivity contribution in [1.29, 1.82) is 5.26 Å². The van der Waals surface area contributed by atoms with Gasteiger partial charge >= 0.3 is 0 Å². The van der Waals surface area contributed by atoms with E-state index in [1.54, 1.807) is 12.1 Å². The molecular formula is C13H14BrFN2. The predicted molar refractivity (Wildman–Crippen MR) is 67.7 cm³/mol. The highest BCUT2D eigenvalue weighted by atomic mass is 79.9. The summed E-state index contributed by atoms with van der Waals surface area (Å²) in [7, 11) is 0. The Morgan fingerprint density at radius 3 is 3.06 bits per heavy atom. The first-order chi connectivity index (χ1) is 8.20. The fourth-order valence-electron chi connectivity index (χ4n) is 2.28. The van der Waals surface area contributed by atoms with E-state index in [9.17, 15) is 4.39 Å². The van der Waals surface area contributed by atoms with Crippen molar-refractivity contribution in [1.82, 2.24) is 5.32 Å². The van der Waals surface area contributed by atoms with Crippen LogP contribution in [-0.4, -0.2) is 6.04 Å². The largest absolute Gasteiger partial charge is 0.309 e. The fraction of sp³-hybridized carbons (Fsp3) is 0.462. The Labute approximate surface area is 109 Å². The number of hydrogen-bond donors (Lipinski definition) is 1. The van der Waals surface area contributed by atoms with Crippen LogP contribution in [0.2, 0.25) is 0 Å². The maximum atomic E-state index is 13.5. The minimum absolute atomic E-state index is 0.0743. The second kappa shape index (κ2) is 5.61. The van der Waals surface area contributed by atoms with Crippen LogP contribution < -0.4 is 5.32 Å². The van der Waals surface area contributed by atoms with Gasteiger partial charge in [-0.3, -0.25) is 0 Å². The molecular weight excluding hydrogens is 283 g/mol. The Morgan fingerprint density at radius 1 is 1.47 bits per heavy atom. The van der Waals surface area contributed by atoms with Crippen LogP contribution in [0.4, 0.5) is 4.39 Å². The number of nitrogens with zero attached hydrogens (tertiary/aromatic N) is 1. The van der Waals surface area contributed by atoms with Crippen molar-refractivity contribution in [3.8, 4) is 6.07 Å². The Morgan fingerprint density at radius 2 is 2.29 bits per heavy atom. The monoisotopic (exact) mass is 296 g/mol. The van der Waals surface area contributed by atoms with E-state index in [1.807, 2.05) is 0 Å². The molecule has 1 N–H and O–H groups in total. The summed E-state index contributed by atoms with van der Waals surface area (Å²) in [4.78, 5) is 0. The summed E-state index contributed by atoms with van der Waals surface area (Å²) in [6.45, 7) is 0.480. The fourth-order valence-corrected chi connectivity index (χ4v) is 2.69. The first-order valence-corrected chi connectivity index (χ1v) is 6.57. The van der Waals surface area contributed by atoms with Crippen molar-refractivity contribution in [3.63, 3.8) is 0 Å². The Kier molecular flexibility index (Phi) is 4.14. The zero-order valence-corrected chi connectivity index (χ0v) is 11.0.